The van der Waals surface area contributed by atoms with Gasteiger partial charge in [-0.15, -0.1) is 0 Å². The summed E-state index contributed by atoms with van der Waals surface area (Å²) in [5.41, 5.74) is 9.39. The lowest BCUT2D eigenvalue weighted by Crippen LogP contribution is -1.96. The van der Waals surface area contributed by atoms with Crippen LogP contribution < -0.4 is 0 Å². The monoisotopic (exact) mass is 509 g/mol. The van der Waals surface area contributed by atoms with Crippen LogP contribution in [0.2, 0.25) is 0 Å². The van der Waals surface area contributed by atoms with Crippen molar-refractivity contribution < 1.29 is 0 Å². The summed E-state index contributed by atoms with van der Waals surface area (Å²) < 4.78 is 4.81. The summed E-state index contributed by atoms with van der Waals surface area (Å²) in [6, 6.07) is 45.9. The number of pyridine rings is 2. The molecular weight excluding hydrogens is 486 g/mol. The fraction of sp³-hybridized carbons (Fsp3) is 0. The van der Waals surface area contributed by atoms with E-state index in [0.717, 1.165) is 16.8 Å². The predicted molar refractivity (Wildman–Crippen MR) is 167 cm³/mol. The Hall–Kier alpha value is -5.41. The second kappa shape index (κ2) is 8.05. The summed E-state index contributed by atoms with van der Waals surface area (Å²) in [5, 5.41) is 7.60. The molecule has 0 N–H and O–H groups in total. The molecule has 0 bridgehead atoms. The van der Waals surface area contributed by atoms with Crippen molar-refractivity contribution >= 4 is 59.9 Å². The first-order valence-electron chi connectivity index (χ1n) is 13.6. The van der Waals surface area contributed by atoms with Crippen molar-refractivity contribution in [2.24, 2.45) is 0 Å². The van der Waals surface area contributed by atoms with Crippen molar-refractivity contribution in [2.45, 2.75) is 0 Å². The molecule has 9 rings (SSSR count). The van der Waals surface area contributed by atoms with Crippen LogP contribution in [0, 0.1) is 0 Å². The summed E-state index contributed by atoms with van der Waals surface area (Å²) in [7, 11) is 0. The average molecular weight is 510 g/mol. The molecule has 0 amide bonds. The lowest BCUT2D eigenvalue weighted by atomic mass is 10.00. The molecule has 0 aliphatic rings. The summed E-state index contributed by atoms with van der Waals surface area (Å²) in [6.07, 6.45) is 3.92. The van der Waals surface area contributed by atoms with Gasteiger partial charge in [0, 0.05) is 38.7 Å². The van der Waals surface area contributed by atoms with E-state index in [0.29, 0.717) is 0 Å². The molecule has 3 heteroatoms. The minimum absolute atomic E-state index is 1.06. The third kappa shape index (κ3) is 2.86. The van der Waals surface area contributed by atoms with Gasteiger partial charge in [-0.2, -0.15) is 0 Å². The van der Waals surface area contributed by atoms with Gasteiger partial charge in [0.15, 0.2) is 0 Å². The Morgan fingerprint density at radius 1 is 0.425 bits per heavy atom. The maximum absolute atomic E-state index is 4.69. The van der Waals surface area contributed by atoms with E-state index in [1.165, 1.54) is 59.9 Å². The topological polar surface area (TPSA) is 22.2 Å². The number of benzene rings is 5. The van der Waals surface area contributed by atoms with E-state index in [9.17, 15) is 0 Å². The summed E-state index contributed by atoms with van der Waals surface area (Å²) >= 11 is 0. The molecule has 186 valence electrons. The fourth-order valence-electron chi connectivity index (χ4n) is 6.66. The van der Waals surface area contributed by atoms with Crippen molar-refractivity contribution in [3.05, 3.63) is 140 Å². The van der Waals surface area contributed by atoms with Crippen LogP contribution in [-0.2, 0) is 0 Å². The van der Waals surface area contributed by atoms with Crippen molar-refractivity contribution in [2.75, 3.05) is 0 Å². The third-order valence-corrected chi connectivity index (χ3v) is 8.33. The first-order chi connectivity index (χ1) is 19.9. The number of hydrogen-bond donors (Lipinski definition) is 0. The minimum Gasteiger partial charge on any atom is -0.309 e. The van der Waals surface area contributed by atoms with Crippen LogP contribution in [-0.4, -0.2) is 14.0 Å². The van der Waals surface area contributed by atoms with Crippen LogP contribution in [0.25, 0.3) is 76.7 Å². The van der Waals surface area contributed by atoms with Crippen molar-refractivity contribution in [3.8, 4) is 16.8 Å². The van der Waals surface area contributed by atoms with E-state index < -0.39 is 0 Å². The minimum atomic E-state index is 1.06. The SMILES string of the molecule is c1ccc(-c2cncc(-n3c4ccccc4c4c5c(ccc43)c3ccccc3n3c4ccccc4cc53)c2)cc1. The van der Waals surface area contributed by atoms with Gasteiger partial charge in [-0.3, -0.25) is 4.98 Å². The Balaban J connectivity index is 1.49. The average Bonchev–Trinajstić information content (AvgIpc) is 3.58. The second-order valence-corrected chi connectivity index (χ2v) is 10.5. The van der Waals surface area contributed by atoms with E-state index in [2.05, 4.69) is 135 Å². The van der Waals surface area contributed by atoms with Crippen LogP contribution in [0.4, 0.5) is 0 Å². The predicted octanol–water partition coefficient (Wildman–Crippen LogP) is 9.56. The Bertz CT molecular complexity index is 2430. The van der Waals surface area contributed by atoms with Crippen molar-refractivity contribution in [3.63, 3.8) is 0 Å². The lowest BCUT2D eigenvalue weighted by Gasteiger charge is -2.13. The molecule has 4 heterocycles. The molecule has 0 saturated heterocycles. The Morgan fingerprint density at radius 3 is 2.00 bits per heavy atom. The molecule has 0 aliphatic carbocycles. The van der Waals surface area contributed by atoms with Gasteiger partial charge in [0.25, 0.3) is 0 Å². The van der Waals surface area contributed by atoms with Crippen LogP contribution in [0.3, 0.4) is 0 Å². The van der Waals surface area contributed by atoms with Crippen molar-refractivity contribution in [1.82, 2.24) is 14.0 Å². The van der Waals surface area contributed by atoms with E-state index in [4.69, 9.17) is 0 Å². The van der Waals surface area contributed by atoms with E-state index in [1.807, 2.05) is 18.5 Å². The standard InChI is InChI=1S/C37H23N3/c1-2-10-24(11-3-1)26-20-27(23-38-22-26)39-33-17-9-6-14-30(33)37-34(39)19-18-29-28-13-5-8-16-32(28)40-31-15-7-4-12-25(31)21-35(40)36(29)37/h1-23H. The number of rotatable bonds is 2. The number of fused-ring (bicyclic) bond motifs is 12. The molecule has 5 aromatic carbocycles. The summed E-state index contributed by atoms with van der Waals surface area (Å²) in [4.78, 5) is 4.69. The lowest BCUT2D eigenvalue weighted by molar-refractivity contribution is 1.14. The molecule has 40 heavy (non-hydrogen) atoms. The zero-order chi connectivity index (χ0) is 26.2. The Labute approximate surface area is 230 Å². The number of para-hydroxylation sites is 3. The van der Waals surface area contributed by atoms with Crippen LogP contribution >= 0.6 is 0 Å². The van der Waals surface area contributed by atoms with E-state index in [1.54, 1.807) is 0 Å². The quantitative estimate of drug-likeness (QED) is 0.213. The van der Waals surface area contributed by atoms with Gasteiger partial charge in [0.1, 0.15) is 0 Å². The maximum atomic E-state index is 4.69. The number of hydrogen-bond acceptors (Lipinski definition) is 1. The normalized spacial score (nSPS) is 12.0. The zero-order valence-electron chi connectivity index (χ0n) is 21.6. The molecule has 0 saturated carbocycles. The van der Waals surface area contributed by atoms with Gasteiger partial charge in [0.05, 0.1) is 39.5 Å². The maximum Gasteiger partial charge on any atom is 0.0651 e. The number of nitrogens with zero attached hydrogens (tertiary/aromatic N) is 3. The molecule has 4 aromatic heterocycles. The first kappa shape index (κ1) is 21.5. The van der Waals surface area contributed by atoms with Gasteiger partial charge in [-0.25, -0.2) is 0 Å². The molecule has 3 nitrogen and oxygen atoms in total. The molecular formula is C37H23N3. The smallest absolute Gasteiger partial charge is 0.0651 e. The highest BCUT2D eigenvalue weighted by molar-refractivity contribution is 6.30. The van der Waals surface area contributed by atoms with E-state index >= 15 is 0 Å². The molecule has 0 fully saturated rings. The Kier molecular flexibility index (Phi) is 4.33. The van der Waals surface area contributed by atoms with Crippen molar-refractivity contribution in [1.29, 1.82) is 0 Å². The summed E-state index contributed by atoms with van der Waals surface area (Å²) in [5.74, 6) is 0. The number of aromatic nitrogens is 3. The van der Waals surface area contributed by atoms with Gasteiger partial charge >= 0.3 is 0 Å². The van der Waals surface area contributed by atoms with Crippen LogP contribution in [0.1, 0.15) is 0 Å². The van der Waals surface area contributed by atoms with Gasteiger partial charge in [0.2, 0.25) is 0 Å². The van der Waals surface area contributed by atoms with Gasteiger partial charge < -0.3 is 8.97 Å². The zero-order valence-corrected chi connectivity index (χ0v) is 21.6. The Morgan fingerprint density at radius 2 is 1.12 bits per heavy atom. The molecule has 0 aliphatic heterocycles. The highest BCUT2D eigenvalue weighted by Gasteiger charge is 2.20. The fourth-order valence-corrected chi connectivity index (χ4v) is 6.66. The first-order valence-corrected chi connectivity index (χ1v) is 13.6. The molecule has 0 radical (unpaired) electrons. The van der Waals surface area contributed by atoms with Gasteiger partial charge in [-0.05, 0) is 47.3 Å². The molecule has 9 aromatic rings. The second-order valence-electron chi connectivity index (χ2n) is 10.5. The summed E-state index contributed by atoms with van der Waals surface area (Å²) in [6.45, 7) is 0. The van der Waals surface area contributed by atoms with Crippen LogP contribution in [0.5, 0.6) is 0 Å². The van der Waals surface area contributed by atoms with E-state index in [-0.39, 0.29) is 0 Å². The molecule has 0 spiro atoms. The highest BCUT2D eigenvalue weighted by atomic mass is 15.0. The molecule has 0 unspecified atom stereocenters. The molecule has 0 atom stereocenters. The van der Waals surface area contributed by atoms with Gasteiger partial charge in [-0.1, -0.05) is 91.0 Å². The highest BCUT2D eigenvalue weighted by Crippen LogP contribution is 2.42. The third-order valence-electron chi connectivity index (χ3n) is 8.33. The largest absolute Gasteiger partial charge is 0.309 e. The van der Waals surface area contributed by atoms with Crippen LogP contribution in [0.15, 0.2) is 140 Å².